The molecule has 4 atom stereocenters. The van der Waals surface area contributed by atoms with Crippen molar-refractivity contribution < 1.29 is 29.2 Å². The van der Waals surface area contributed by atoms with Crippen molar-refractivity contribution in [2.24, 2.45) is 17.8 Å². The van der Waals surface area contributed by atoms with E-state index in [0.717, 1.165) is 65.2 Å². The molecule has 0 amide bonds. The molecule has 0 bridgehead atoms. The van der Waals surface area contributed by atoms with Gasteiger partial charge >= 0.3 is 5.97 Å². The van der Waals surface area contributed by atoms with Crippen LogP contribution in [0, 0.1) is 38.5 Å². The molecule has 0 fully saturated rings. The van der Waals surface area contributed by atoms with Crippen molar-refractivity contribution in [1.29, 1.82) is 0 Å². The minimum Gasteiger partial charge on any atom is -0.507 e. The van der Waals surface area contributed by atoms with Gasteiger partial charge in [0, 0.05) is 5.56 Å². The van der Waals surface area contributed by atoms with E-state index in [9.17, 15) is 15.0 Å². The predicted molar refractivity (Wildman–Crippen MR) is 183 cm³/mol. The van der Waals surface area contributed by atoms with Gasteiger partial charge in [0.2, 0.25) is 0 Å². The minimum absolute atomic E-state index is 0.0121. The van der Waals surface area contributed by atoms with Gasteiger partial charge in [-0.15, -0.1) is 0 Å². The van der Waals surface area contributed by atoms with Crippen LogP contribution in [0.15, 0.2) is 24.3 Å². The maximum absolute atomic E-state index is 12.3. The Bertz CT molecular complexity index is 1240. The third-order valence-electron chi connectivity index (χ3n) is 9.79. The van der Waals surface area contributed by atoms with Gasteiger partial charge in [0.25, 0.3) is 0 Å². The van der Waals surface area contributed by atoms with Crippen molar-refractivity contribution in [2.45, 2.75) is 138 Å². The summed E-state index contributed by atoms with van der Waals surface area (Å²) in [6.45, 7) is 17.7. The third kappa shape index (κ3) is 10.9. The van der Waals surface area contributed by atoms with E-state index in [1.165, 1.54) is 69.1 Å². The number of ether oxygens (including phenoxy) is 3. The Labute approximate surface area is 272 Å². The number of carbonyl (C=O) groups is 1. The fourth-order valence-electron chi connectivity index (χ4n) is 6.60. The molecule has 0 spiro atoms. The van der Waals surface area contributed by atoms with Crippen molar-refractivity contribution in [3.63, 3.8) is 0 Å². The summed E-state index contributed by atoms with van der Waals surface area (Å²) in [5, 5.41) is 20.3. The first-order chi connectivity index (χ1) is 21.3. The zero-order valence-corrected chi connectivity index (χ0v) is 29.3. The van der Waals surface area contributed by atoms with Crippen molar-refractivity contribution in [1.82, 2.24) is 0 Å². The van der Waals surface area contributed by atoms with Crippen LogP contribution in [0.2, 0.25) is 0 Å². The number of aliphatic hydroxyl groups excluding tert-OH is 1. The minimum atomic E-state index is -1.00. The van der Waals surface area contributed by atoms with E-state index in [-0.39, 0.29) is 30.1 Å². The lowest BCUT2D eigenvalue weighted by atomic mass is 9.83. The summed E-state index contributed by atoms with van der Waals surface area (Å²) in [5.74, 6) is 3.33. The van der Waals surface area contributed by atoms with Gasteiger partial charge in [-0.1, -0.05) is 84.8 Å². The number of aliphatic hydroxyl groups is 1. The summed E-state index contributed by atoms with van der Waals surface area (Å²) >= 11 is 0. The maximum Gasteiger partial charge on any atom is 0.342 e. The highest BCUT2D eigenvalue weighted by Gasteiger charge is 2.34. The molecular weight excluding hydrogens is 564 g/mol. The maximum atomic E-state index is 12.3. The predicted octanol–water partition coefficient (Wildman–Crippen LogP) is 9.44. The molecule has 1 aliphatic heterocycles. The zero-order valence-electron chi connectivity index (χ0n) is 29.3. The molecule has 6 heteroatoms. The molecule has 0 aromatic heterocycles. The summed E-state index contributed by atoms with van der Waals surface area (Å²) in [5.41, 5.74) is 4.20. The second-order valence-electron chi connectivity index (χ2n) is 14.5. The Kier molecular flexibility index (Phi) is 14.1. The molecule has 0 aliphatic carbocycles. The van der Waals surface area contributed by atoms with Crippen LogP contribution < -0.4 is 9.47 Å². The number of rotatable bonds is 18. The van der Waals surface area contributed by atoms with Crippen LogP contribution >= 0.6 is 0 Å². The number of para-hydroxylation sites is 1. The molecule has 1 heterocycles. The largest absolute Gasteiger partial charge is 0.507 e. The molecule has 0 saturated heterocycles. The fourth-order valence-corrected chi connectivity index (χ4v) is 6.60. The number of carbonyl (C=O) groups excluding carboxylic acids is 1. The fraction of sp³-hybridized carbons (Fsp3) is 0.667. The van der Waals surface area contributed by atoms with Gasteiger partial charge in [-0.2, -0.15) is 0 Å². The van der Waals surface area contributed by atoms with Crippen LogP contribution in [0.3, 0.4) is 0 Å². The molecule has 3 rings (SSSR count). The number of benzene rings is 2. The van der Waals surface area contributed by atoms with E-state index >= 15 is 0 Å². The summed E-state index contributed by atoms with van der Waals surface area (Å²) in [6.07, 6.45) is 12.5. The van der Waals surface area contributed by atoms with Crippen LogP contribution in [0.5, 0.6) is 17.2 Å². The van der Waals surface area contributed by atoms with Crippen LogP contribution in [0.25, 0.3) is 0 Å². The lowest BCUT2D eigenvalue weighted by Crippen LogP contribution is -2.37. The normalized spacial score (nSPS) is 18.2. The highest BCUT2D eigenvalue weighted by molar-refractivity contribution is 5.92. The van der Waals surface area contributed by atoms with Crippen LogP contribution in [-0.2, 0) is 11.2 Å². The van der Waals surface area contributed by atoms with Crippen molar-refractivity contribution >= 4 is 5.97 Å². The molecule has 4 unspecified atom stereocenters. The monoisotopic (exact) mass is 624 g/mol. The van der Waals surface area contributed by atoms with Gasteiger partial charge in [0.1, 0.15) is 47.7 Å². The number of hydrogen-bond donors (Lipinski definition) is 2. The summed E-state index contributed by atoms with van der Waals surface area (Å²) in [6, 6.07) is 6.18. The molecule has 2 N–H and O–H groups in total. The number of aromatic hydroxyl groups is 1. The lowest BCUT2D eigenvalue weighted by Gasteiger charge is -2.38. The van der Waals surface area contributed by atoms with Gasteiger partial charge in [0.15, 0.2) is 0 Å². The highest BCUT2D eigenvalue weighted by atomic mass is 16.5. The van der Waals surface area contributed by atoms with E-state index in [1.807, 2.05) is 6.92 Å². The van der Waals surface area contributed by atoms with Crippen molar-refractivity contribution in [3.05, 3.63) is 52.1 Å². The topological polar surface area (TPSA) is 85.2 Å². The number of hydrogen-bond acceptors (Lipinski definition) is 6. The number of phenolic OH excluding ortho intramolecular Hbond substituents is 1. The summed E-state index contributed by atoms with van der Waals surface area (Å²) in [4.78, 5) is 12.3. The third-order valence-corrected chi connectivity index (χ3v) is 9.79. The first-order valence-electron chi connectivity index (χ1n) is 17.4. The molecule has 1 aliphatic rings. The Morgan fingerprint density at radius 3 is 2.16 bits per heavy atom. The van der Waals surface area contributed by atoms with Gasteiger partial charge in [-0.3, -0.25) is 0 Å². The molecule has 0 radical (unpaired) electrons. The first kappa shape index (κ1) is 36.7. The van der Waals surface area contributed by atoms with Crippen molar-refractivity contribution in [3.8, 4) is 17.2 Å². The van der Waals surface area contributed by atoms with Crippen LogP contribution in [0.4, 0.5) is 0 Å². The Balaban J connectivity index is 1.47. The Morgan fingerprint density at radius 1 is 0.889 bits per heavy atom. The van der Waals surface area contributed by atoms with Gasteiger partial charge in [-0.25, -0.2) is 4.79 Å². The number of esters is 1. The Hall–Kier alpha value is -2.73. The van der Waals surface area contributed by atoms with Crippen LogP contribution in [-0.4, -0.2) is 41.1 Å². The van der Waals surface area contributed by atoms with E-state index in [0.29, 0.717) is 0 Å². The van der Waals surface area contributed by atoms with Gasteiger partial charge in [0.05, 0.1) is 0 Å². The first-order valence-corrected chi connectivity index (χ1v) is 17.4. The summed E-state index contributed by atoms with van der Waals surface area (Å²) < 4.78 is 18.1. The molecule has 2 aromatic rings. The average molecular weight is 625 g/mol. The SMILES string of the molecule is Cc1c(C)c2c(c(C)c1OCC(O)COC(=O)c1ccccc1O)CCC(C)(CCCC(C)CCCC(C)CCCC(C)C)O2. The molecule has 45 heavy (non-hydrogen) atoms. The van der Waals surface area contributed by atoms with E-state index in [1.54, 1.807) is 12.1 Å². The molecule has 6 nitrogen and oxygen atoms in total. The molecule has 2 aromatic carbocycles. The second kappa shape index (κ2) is 17.3. The quantitative estimate of drug-likeness (QED) is 0.161. The molecule has 0 saturated carbocycles. The van der Waals surface area contributed by atoms with E-state index in [2.05, 4.69) is 48.5 Å². The summed E-state index contributed by atoms with van der Waals surface area (Å²) in [7, 11) is 0. The molecule has 252 valence electrons. The number of phenols is 1. The standard InChI is InChI=1S/C39H60O6/c1-26(2)14-11-15-27(3)16-12-17-28(4)18-13-22-39(8)23-21-33-31(7)36(29(5)30(6)37(33)45-39)43-24-32(40)25-44-38(42)34-19-9-10-20-35(34)41/h9-10,19-20,26-28,32,40-41H,11-18,21-25H2,1-8H3. The smallest absolute Gasteiger partial charge is 0.342 e. The van der Waals surface area contributed by atoms with E-state index < -0.39 is 12.1 Å². The second-order valence-corrected chi connectivity index (χ2v) is 14.5. The Morgan fingerprint density at radius 2 is 1.51 bits per heavy atom. The number of fused-ring (bicyclic) bond motifs is 1. The average Bonchev–Trinajstić information content (AvgIpc) is 2.98. The zero-order chi connectivity index (χ0) is 33.1. The van der Waals surface area contributed by atoms with Crippen molar-refractivity contribution in [2.75, 3.05) is 13.2 Å². The molecular formula is C39H60O6. The lowest BCUT2D eigenvalue weighted by molar-refractivity contribution is 0.0125. The van der Waals surface area contributed by atoms with E-state index in [4.69, 9.17) is 14.2 Å². The van der Waals surface area contributed by atoms with Gasteiger partial charge in [-0.05, 0) is 100.0 Å². The van der Waals surface area contributed by atoms with Gasteiger partial charge < -0.3 is 24.4 Å². The van der Waals surface area contributed by atoms with Crippen LogP contribution in [0.1, 0.15) is 131 Å². The highest BCUT2D eigenvalue weighted by Crippen LogP contribution is 2.45.